The number of hydrogen-bond acceptors (Lipinski definition) is 6. The van der Waals surface area contributed by atoms with Crippen LogP contribution in [-0.4, -0.2) is 14.2 Å². The molecule has 6 nitrogen and oxygen atoms in total. The molecule has 0 fully saturated rings. The molecule has 136 valence electrons. The van der Waals surface area contributed by atoms with Gasteiger partial charge in [-0.3, -0.25) is 4.79 Å². The van der Waals surface area contributed by atoms with E-state index in [-0.39, 0.29) is 0 Å². The van der Waals surface area contributed by atoms with Crippen LogP contribution in [0.2, 0.25) is 0 Å². The van der Waals surface area contributed by atoms with E-state index in [2.05, 4.69) is 0 Å². The Morgan fingerprint density at radius 3 is 2.54 bits per heavy atom. The molecule has 2 N–H and O–H groups in total. The van der Waals surface area contributed by atoms with Crippen LogP contribution in [0.4, 0.5) is 8.78 Å². The summed E-state index contributed by atoms with van der Waals surface area (Å²) in [4.78, 5) is 12.5. The van der Waals surface area contributed by atoms with Crippen molar-refractivity contribution in [2.45, 2.75) is 11.8 Å². The van der Waals surface area contributed by atoms with Crippen molar-refractivity contribution in [2.24, 2.45) is 5.73 Å². The van der Waals surface area contributed by atoms with Crippen LogP contribution in [0.1, 0.15) is 18.6 Å². The lowest BCUT2D eigenvalue weighted by atomic mass is 10.1. The minimum atomic E-state index is -4.31. The van der Waals surface area contributed by atoms with Gasteiger partial charge in [0, 0.05) is 11.6 Å². The van der Waals surface area contributed by atoms with Crippen LogP contribution in [0.25, 0.3) is 0 Å². The molecule has 1 aliphatic heterocycles. The first kappa shape index (κ1) is 16.5. The van der Waals surface area contributed by atoms with Crippen molar-refractivity contribution in [3.05, 3.63) is 82.9 Å². The van der Waals surface area contributed by atoms with E-state index < -0.39 is 56.6 Å². The summed E-state index contributed by atoms with van der Waals surface area (Å²) in [6.07, 6.45) is -2.72. The molecule has 9 heteroatoms. The Hall–Kier alpha value is -2.94. The summed E-state index contributed by atoms with van der Waals surface area (Å²) in [5, 5.41) is 0. The zero-order valence-corrected chi connectivity index (χ0v) is 13.9. The van der Waals surface area contributed by atoms with E-state index >= 15 is 0 Å². The lowest BCUT2D eigenvalue weighted by Crippen LogP contribution is -2.17. The van der Waals surface area contributed by atoms with E-state index in [0.29, 0.717) is 11.6 Å². The lowest BCUT2D eigenvalue weighted by molar-refractivity contribution is -0.123. The summed E-state index contributed by atoms with van der Waals surface area (Å²) in [6.45, 7) is 0. The molecule has 2 aromatic carbocycles. The average Bonchev–Trinajstić information content (AvgIpc) is 2.79. The summed E-state index contributed by atoms with van der Waals surface area (Å²) in [5.41, 5.74) is 5.26. The third-order valence-electron chi connectivity index (χ3n) is 3.42. The molecule has 1 aliphatic rings. The molecule has 1 unspecified atom stereocenters. The molecule has 3 rings (SSSR count). The number of halogens is 2. The third-order valence-corrected chi connectivity index (χ3v) is 4.53. The first-order valence-corrected chi connectivity index (χ1v) is 8.85. The second kappa shape index (κ2) is 6.75. The monoisotopic (exact) mass is 382 g/mol. The number of benzene rings is 2. The maximum absolute atomic E-state index is 14.0. The quantitative estimate of drug-likeness (QED) is 0.797. The Labute approximate surface area is 149 Å². The van der Waals surface area contributed by atoms with Gasteiger partial charge in [-0.25, -0.2) is 8.78 Å². The summed E-state index contributed by atoms with van der Waals surface area (Å²) in [6, 6.07) is 10.1. The number of carbonyl (C=O) groups excluding carboxylic acids is 1. The lowest BCUT2D eigenvalue weighted by Gasteiger charge is -2.11. The topological polar surface area (TPSA) is 95.7 Å². The number of ether oxygens (including phenoxy) is 1. The standard InChI is InChI=1S/C17H13F2NO5S/c18-11-6-7-12(13(19)8-11)15-14(21)16(17(20)24-15)25-26(22,23)9-10-4-2-1-3-5-10/h1-8,15H,9,20H2/i15D. The molecule has 0 radical (unpaired) electrons. The average molecular weight is 382 g/mol. The van der Waals surface area contributed by atoms with Gasteiger partial charge in [0.1, 0.15) is 17.4 Å². The van der Waals surface area contributed by atoms with Gasteiger partial charge in [-0.05, 0) is 17.7 Å². The predicted molar refractivity (Wildman–Crippen MR) is 86.6 cm³/mol. The van der Waals surface area contributed by atoms with Crippen molar-refractivity contribution in [3.8, 4) is 0 Å². The van der Waals surface area contributed by atoms with Gasteiger partial charge in [0.25, 0.3) is 0 Å². The smallest absolute Gasteiger partial charge is 0.313 e. The third kappa shape index (κ3) is 3.67. The van der Waals surface area contributed by atoms with E-state index in [1.165, 1.54) is 12.1 Å². The van der Waals surface area contributed by atoms with Gasteiger partial charge >= 0.3 is 10.1 Å². The fourth-order valence-corrected chi connectivity index (χ4v) is 3.35. The van der Waals surface area contributed by atoms with Crippen LogP contribution in [-0.2, 0) is 29.6 Å². The normalized spacial score (nSPS) is 20.7. The van der Waals surface area contributed by atoms with Crippen molar-refractivity contribution in [1.29, 1.82) is 0 Å². The van der Waals surface area contributed by atoms with Crippen molar-refractivity contribution in [3.63, 3.8) is 0 Å². The van der Waals surface area contributed by atoms with Crippen LogP contribution in [0.15, 0.2) is 60.2 Å². The van der Waals surface area contributed by atoms with Crippen LogP contribution >= 0.6 is 0 Å². The second-order valence-corrected chi connectivity index (χ2v) is 6.92. The summed E-state index contributed by atoms with van der Waals surface area (Å²) >= 11 is 0. The van der Waals surface area contributed by atoms with E-state index in [0.717, 1.165) is 12.1 Å². The van der Waals surface area contributed by atoms with Crippen molar-refractivity contribution >= 4 is 15.9 Å². The van der Waals surface area contributed by atoms with E-state index in [1.54, 1.807) is 18.2 Å². The van der Waals surface area contributed by atoms with Gasteiger partial charge in [-0.15, -0.1) is 0 Å². The minimum Gasteiger partial charge on any atom is -0.460 e. The van der Waals surface area contributed by atoms with Gasteiger partial charge in [0.2, 0.25) is 17.4 Å². The summed E-state index contributed by atoms with van der Waals surface area (Å²) < 4.78 is 69.2. The number of ketones is 1. The number of rotatable bonds is 5. The molecule has 2 aromatic rings. The number of carbonyl (C=O) groups is 1. The Kier molecular flexibility index (Phi) is 4.29. The van der Waals surface area contributed by atoms with E-state index in [9.17, 15) is 22.0 Å². The molecule has 0 bridgehead atoms. The Morgan fingerprint density at radius 1 is 1.19 bits per heavy atom. The van der Waals surface area contributed by atoms with Gasteiger partial charge in [-0.2, -0.15) is 8.42 Å². The maximum atomic E-state index is 14.0. The fourth-order valence-electron chi connectivity index (χ4n) is 2.28. The fraction of sp³-hybridized carbons (Fsp3) is 0.118. The molecule has 0 saturated heterocycles. The van der Waals surface area contributed by atoms with Gasteiger partial charge in [-0.1, -0.05) is 30.3 Å². The van der Waals surface area contributed by atoms with Crippen LogP contribution in [0, 0.1) is 11.6 Å². The molecule has 0 amide bonds. The van der Waals surface area contributed by atoms with Crippen molar-refractivity contribution in [2.75, 3.05) is 0 Å². The number of Topliss-reactive ketones (excluding diaryl/α,β-unsaturated/α-hetero) is 1. The highest BCUT2D eigenvalue weighted by Crippen LogP contribution is 2.34. The molecule has 0 aliphatic carbocycles. The highest BCUT2D eigenvalue weighted by Gasteiger charge is 2.40. The maximum Gasteiger partial charge on any atom is 0.313 e. The van der Waals surface area contributed by atoms with Crippen molar-refractivity contribution < 1.29 is 32.3 Å². The highest BCUT2D eigenvalue weighted by atomic mass is 32.2. The first-order valence-electron chi connectivity index (χ1n) is 7.77. The van der Waals surface area contributed by atoms with Gasteiger partial charge in [0.05, 0.1) is 1.37 Å². The van der Waals surface area contributed by atoms with Crippen LogP contribution < -0.4 is 5.73 Å². The van der Waals surface area contributed by atoms with Crippen LogP contribution in [0.5, 0.6) is 0 Å². The number of nitrogens with two attached hydrogens (primary N) is 1. The highest BCUT2D eigenvalue weighted by molar-refractivity contribution is 7.86. The predicted octanol–water partition coefficient (Wildman–Crippen LogP) is 2.28. The molecular formula is C17H13F2NO5S. The molecule has 1 atom stereocenters. The minimum absolute atomic E-state index is 0.393. The van der Waals surface area contributed by atoms with Gasteiger partial charge < -0.3 is 14.7 Å². The second-order valence-electron chi connectivity index (χ2n) is 5.35. The number of hydrogen-bond donors (Lipinski definition) is 1. The van der Waals surface area contributed by atoms with Crippen LogP contribution in [0.3, 0.4) is 0 Å². The Bertz CT molecular complexity index is 1040. The van der Waals surface area contributed by atoms with Gasteiger partial charge in [0.15, 0.2) is 6.08 Å². The van der Waals surface area contributed by atoms with E-state index in [4.69, 9.17) is 16.0 Å². The Balaban J connectivity index is 1.87. The summed E-state index contributed by atoms with van der Waals surface area (Å²) in [5.74, 6) is -5.73. The zero-order chi connectivity index (χ0) is 19.8. The molecule has 0 spiro atoms. The molecular weight excluding hydrogens is 368 g/mol. The Morgan fingerprint density at radius 2 is 1.88 bits per heavy atom. The van der Waals surface area contributed by atoms with Crippen molar-refractivity contribution in [1.82, 2.24) is 0 Å². The zero-order valence-electron chi connectivity index (χ0n) is 14.1. The largest absolute Gasteiger partial charge is 0.460 e. The summed E-state index contributed by atoms with van der Waals surface area (Å²) in [7, 11) is -4.31. The van der Waals surface area contributed by atoms with E-state index in [1.807, 2.05) is 0 Å². The molecule has 1 heterocycles. The molecule has 0 saturated carbocycles. The molecule has 26 heavy (non-hydrogen) atoms. The molecule has 0 aromatic heterocycles. The first-order chi connectivity index (χ1) is 12.6. The SMILES string of the molecule is [2H]C1(c2ccc(F)cc2F)OC(N)=C(OS(=O)(=O)Cc2ccccc2)C1=O.